The molecule has 0 heterocycles. The molecule has 0 aromatic rings. The molecule has 0 amide bonds. The number of nitriles is 1. The molecule has 1 unspecified atom stereocenters. The van der Waals surface area contributed by atoms with E-state index in [2.05, 4.69) is 11.4 Å². The van der Waals surface area contributed by atoms with Crippen molar-refractivity contribution in [1.29, 1.82) is 5.26 Å². The van der Waals surface area contributed by atoms with Gasteiger partial charge >= 0.3 is 0 Å². The van der Waals surface area contributed by atoms with Crippen molar-refractivity contribution in [2.75, 3.05) is 60.4 Å². The lowest BCUT2D eigenvalue weighted by atomic mass is 10.1. The minimum Gasteiger partial charge on any atom is -0.382 e. The van der Waals surface area contributed by atoms with E-state index in [9.17, 15) is 0 Å². The van der Waals surface area contributed by atoms with E-state index < -0.39 is 5.54 Å². The van der Waals surface area contributed by atoms with Crippen LogP contribution in [0.4, 0.5) is 0 Å². The molecule has 0 bridgehead atoms. The molecule has 1 N–H and O–H groups in total. The van der Waals surface area contributed by atoms with Gasteiger partial charge in [0.1, 0.15) is 5.54 Å². The van der Waals surface area contributed by atoms with Gasteiger partial charge in [-0.3, -0.25) is 0 Å². The zero-order valence-electron chi connectivity index (χ0n) is 11.5. The van der Waals surface area contributed by atoms with E-state index in [0.29, 0.717) is 46.2 Å². The third kappa shape index (κ3) is 9.33. The highest BCUT2D eigenvalue weighted by atomic mass is 16.6. The fourth-order valence-electron chi connectivity index (χ4n) is 1.02. The maximum Gasteiger partial charge on any atom is 0.127 e. The Bertz CT molecular complexity index is 233. The Morgan fingerprint density at radius 3 is 1.94 bits per heavy atom. The first-order valence-corrected chi connectivity index (χ1v) is 6.01. The van der Waals surface area contributed by atoms with Gasteiger partial charge in [-0.05, 0) is 14.0 Å². The largest absolute Gasteiger partial charge is 0.382 e. The monoisotopic (exact) mass is 260 g/mol. The smallest absolute Gasteiger partial charge is 0.127 e. The summed E-state index contributed by atoms with van der Waals surface area (Å²) in [6.45, 7) is 5.37. The molecule has 0 saturated heterocycles. The normalized spacial score (nSPS) is 14.1. The first-order valence-electron chi connectivity index (χ1n) is 6.01. The third-order valence-electron chi connectivity index (χ3n) is 2.37. The Morgan fingerprint density at radius 1 is 1.00 bits per heavy atom. The van der Waals surface area contributed by atoms with Gasteiger partial charge in [-0.15, -0.1) is 0 Å². The first-order chi connectivity index (χ1) is 8.68. The molecule has 18 heavy (non-hydrogen) atoms. The average molecular weight is 260 g/mol. The number of hydrogen-bond donors (Lipinski definition) is 1. The lowest BCUT2D eigenvalue weighted by Crippen LogP contribution is -2.43. The molecular formula is C12H24N2O4. The summed E-state index contributed by atoms with van der Waals surface area (Å²) in [7, 11) is 3.37. The molecule has 0 saturated carbocycles. The van der Waals surface area contributed by atoms with E-state index in [-0.39, 0.29) is 0 Å². The van der Waals surface area contributed by atoms with Gasteiger partial charge in [-0.25, -0.2) is 0 Å². The van der Waals surface area contributed by atoms with Gasteiger partial charge < -0.3 is 24.3 Å². The second kappa shape index (κ2) is 11.4. The van der Waals surface area contributed by atoms with Crippen molar-refractivity contribution in [3.8, 4) is 6.07 Å². The molecular weight excluding hydrogens is 236 g/mol. The van der Waals surface area contributed by atoms with Crippen molar-refractivity contribution >= 4 is 0 Å². The fourth-order valence-corrected chi connectivity index (χ4v) is 1.02. The summed E-state index contributed by atoms with van der Waals surface area (Å²) in [5, 5.41) is 11.8. The minimum absolute atomic E-state index is 0.341. The van der Waals surface area contributed by atoms with Gasteiger partial charge in [0.05, 0.1) is 52.3 Å². The number of likely N-dealkylation sites (N-methyl/N-ethyl adjacent to an activating group) is 1. The molecule has 0 aliphatic carbocycles. The summed E-state index contributed by atoms with van der Waals surface area (Å²) in [4.78, 5) is 0. The van der Waals surface area contributed by atoms with Crippen LogP contribution in [0.2, 0.25) is 0 Å². The number of methoxy groups -OCH3 is 1. The molecule has 0 aliphatic rings. The molecule has 0 fully saturated rings. The molecule has 6 nitrogen and oxygen atoms in total. The van der Waals surface area contributed by atoms with E-state index >= 15 is 0 Å². The van der Waals surface area contributed by atoms with Crippen LogP contribution >= 0.6 is 0 Å². The average Bonchev–Trinajstić information content (AvgIpc) is 2.40. The first kappa shape index (κ1) is 17.3. The standard InChI is InChI=1S/C12H24N2O4/c1-12(10-13,14-2)11-18-9-8-17-7-6-16-5-4-15-3/h14H,4-9,11H2,1-3H3. The van der Waals surface area contributed by atoms with Crippen molar-refractivity contribution in [1.82, 2.24) is 5.32 Å². The lowest BCUT2D eigenvalue weighted by molar-refractivity contribution is -0.00141. The van der Waals surface area contributed by atoms with Crippen molar-refractivity contribution in [2.45, 2.75) is 12.5 Å². The number of ether oxygens (including phenoxy) is 4. The predicted octanol–water partition coefficient (Wildman–Crippen LogP) is 0.184. The molecule has 1 atom stereocenters. The molecule has 106 valence electrons. The number of rotatable bonds is 12. The lowest BCUT2D eigenvalue weighted by Gasteiger charge is -2.20. The molecule has 0 aromatic carbocycles. The molecule has 0 aliphatic heterocycles. The second-order valence-corrected chi connectivity index (χ2v) is 3.96. The zero-order chi connectivity index (χ0) is 13.7. The molecule has 0 rings (SSSR count). The van der Waals surface area contributed by atoms with Crippen molar-refractivity contribution in [3.05, 3.63) is 0 Å². The van der Waals surface area contributed by atoms with Gasteiger partial charge in [0.25, 0.3) is 0 Å². The summed E-state index contributed by atoms with van der Waals surface area (Å²) in [5.41, 5.74) is -0.636. The summed E-state index contributed by atoms with van der Waals surface area (Å²) >= 11 is 0. The highest BCUT2D eigenvalue weighted by Gasteiger charge is 2.20. The Labute approximate surface area is 109 Å². The fraction of sp³-hybridized carbons (Fsp3) is 0.917. The van der Waals surface area contributed by atoms with Crippen molar-refractivity contribution in [2.24, 2.45) is 0 Å². The quantitative estimate of drug-likeness (QED) is 0.505. The van der Waals surface area contributed by atoms with E-state index in [1.54, 1.807) is 21.1 Å². The Kier molecular flexibility index (Phi) is 10.9. The summed E-state index contributed by atoms with van der Waals surface area (Å²) in [5.74, 6) is 0. The van der Waals surface area contributed by atoms with Gasteiger partial charge in [0.15, 0.2) is 0 Å². The van der Waals surface area contributed by atoms with Gasteiger partial charge in [-0.1, -0.05) is 0 Å². The van der Waals surface area contributed by atoms with E-state index in [4.69, 9.17) is 24.2 Å². The minimum atomic E-state index is -0.636. The van der Waals surface area contributed by atoms with Crippen LogP contribution < -0.4 is 5.32 Å². The highest BCUT2D eigenvalue weighted by molar-refractivity contribution is 5.02. The Morgan fingerprint density at radius 2 is 1.50 bits per heavy atom. The van der Waals surface area contributed by atoms with Gasteiger partial charge in [0.2, 0.25) is 0 Å². The molecule has 0 spiro atoms. The maximum absolute atomic E-state index is 8.88. The molecule has 6 heteroatoms. The van der Waals surface area contributed by atoms with Crippen LogP contribution in [0, 0.1) is 11.3 Å². The zero-order valence-corrected chi connectivity index (χ0v) is 11.5. The van der Waals surface area contributed by atoms with Gasteiger partial charge in [-0.2, -0.15) is 5.26 Å². The van der Waals surface area contributed by atoms with Crippen LogP contribution in [0.3, 0.4) is 0 Å². The summed E-state index contributed by atoms with van der Waals surface area (Å²) in [6.07, 6.45) is 0. The van der Waals surface area contributed by atoms with Crippen LogP contribution in [-0.2, 0) is 18.9 Å². The van der Waals surface area contributed by atoms with E-state index in [1.807, 2.05) is 0 Å². The van der Waals surface area contributed by atoms with E-state index in [1.165, 1.54) is 0 Å². The Balaban J connectivity index is 3.24. The Hall–Kier alpha value is -0.710. The van der Waals surface area contributed by atoms with Crippen LogP contribution in [0.5, 0.6) is 0 Å². The van der Waals surface area contributed by atoms with Crippen LogP contribution in [0.25, 0.3) is 0 Å². The summed E-state index contributed by atoms with van der Waals surface area (Å²) in [6, 6.07) is 2.15. The number of nitrogens with zero attached hydrogens (tertiary/aromatic N) is 1. The second-order valence-electron chi connectivity index (χ2n) is 3.96. The number of nitrogens with one attached hydrogen (secondary N) is 1. The molecule has 0 aromatic heterocycles. The van der Waals surface area contributed by atoms with Crippen LogP contribution in [0.1, 0.15) is 6.92 Å². The SMILES string of the molecule is CNC(C)(C#N)COCCOCCOCCOC. The van der Waals surface area contributed by atoms with Crippen LogP contribution in [0.15, 0.2) is 0 Å². The number of hydrogen-bond acceptors (Lipinski definition) is 6. The van der Waals surface area contributed by atoms with Crippen molar-refractivity contribution < 1.29 is 18.9 Å². The van der Waals surface area contributed by atoms with E-state index in [0.717, 1.165) is 0 Å². The predicted molar refractivity (Wildman–Crippen MR) is 67.4 cm³/mol. The van der Waals surface area contributed by atoms with Crippen LogP contribution in [-0.4, -0.2) is 65.9 Å². The molecule has 0 radical (unpaired) electrons. The van der Waals surface area contributed by atoms with Gasteiger partial charge in [0, 0.05) is 7.11 Å². The van der Waals surface area contributed by atoms with Crippen molar-refractivity contribution in [3.63, 3.8) is 0 Å². The third-order valence-corrected chi connectivity index (χ3v) is 2.37. The summed E-state index contributed by atoms with van der Waals surface area (Å²) < 4.78 is 20.7. The maximum atomic E-state index is 8.88. The topological polar surface area (TPSA) is 72.7 Å². The highest BCUT2D eigenvalue weighted by Crippen LogP contribution is 2.00.